The number of fused-ring (bicyclic) bond motifs is 1. The lowest BCUT2D eigenvalue weighted by Crippen LogP contribution is -2.25. The first-order chi connectivity index (χ1) is 12.5. The van der Waals surface area contributed by atoms with E-state index in [2.05, 4.69) is 24.5 Å². The van der Waals surface area contributed by atoms with Crippen molar-refractivity contribution in [3.8, 4) is 0 Å². The Hall–Kier alpha value is -2.33. The first-order valence-electron chi connectivity index (χ1n) is 8.99. The summed E-state index contributed by atoms with van der Waals surface area (Å²) in [5.41, 5.74) is 4.07. The molecule has 2 aromatic carbocycles. The highest BCUT2D eigenvalue weighted by atomic mass is 35.5. The zero-order valence-electron chi connectivity index (χ0n) is 15.2. The Morgan fingerprint density at radius 1 is 1.19 bits per heavy atom. The molecule has 1 atom stereocenters. The van der Waals surface area contributed by atoms with Gasteiger partial charge in [-0.15, -0.1) is 0 Å². The highest BCUT2D eigenvalue weighted by Gasteiger charge is 2.35. The fourth-order valence-electron chi connectivity index (χ4n) is 3.88. The van der Waals surface area contributed by atoms with Crippen molar-refractivity contribution in [3.63, 3.8) is 0 Å². The van der Waals surface area contributed by atoms with E-state index in [1.165, 1.54) is 0 Å². The molecule has 0 unspecified atom stereocenters. The van der Waals surface area contributed by atoms with Gasteiger partial charge in [-0.2, -0.15) is 0 Å². The fourth-order valence-corrected chi connectivity index (χ4v) is 4.05. The number of para-hydroxylation sites is 2. The third-order valence-electron chi connectivity index (χ3n) is 5.09. The maximum Gasteiger partial charge on any atom is 0.227 e. The number of hydrogen-bond donors (Lipinski definition) is 0. The number of carbonyl (C=O) groups is 1. The highest BCUT2D eigenvalue weighted by molar-refractivity contribution is 6.31. The number of nitrogens with zero attached hydrogens (tertiary/aromatic N) is 3. The average Bonchev–Trinajstić information content (AvgIpc) is 3.17. The van der Waals surface area contributed by atoms with Gasteiger partial charge in [0.15, 0.2) is 0 Å². The van der Waals surface area contributed by atoms with E-state index in [4.69, 9.17) is 16.6 Å². The van der Waals surface area contributed by atoms with Crippen LogP contribution >= 0.6 is 11.6 Å². The van der Waals surface area contributed by atoms with E-state index in [0.29, 0.717) is 18.0 Å². The van der Waals surface area contributed by atoms with Crippen LogP contribution in [0, 0.1) is 6.92 Å². The van der Waals surface area contributed by atoms with Gasteiger partial charge in [-0.1, -0.05) is 29.8 Å². The number of hydrogen-bond acceptors (Lipinski definition) is 2. The van der Waals surface area contributed by atoms with E-state index in [9.17, 15) is 4.79 Å². The van der Waals surface area contributed by atoms with Gasteiger partial charge in [0.1, 0.15) is 5.82 Å². The largest absolute Gasteiger partial charge is 0.325 e. The number of rotatable bonds is 3. The van der Waals surface area contributed by atoms with Gasteiger partial charge in [0.05, 0.1) is 11.0 Å². The van der Waals surface area contributed by atoms with Gasteiger partial charge in [0, 0.05) is 35.6 Å². The normalized spacial score (nSPS) is 17.7. The summed E-state index contributed by atoms with van der Waals surface area (Å²) in [7, 11) is 0. The van der Waals surface area contributed by atoms with E-state index < -0.39 is 0 Å². The minimum absolute atomic E-state index is 0.0793. The van der Waals surface area contributed by atoms with Crippen LogP contribution < -0.4 is 4.90 Å². The van der Waals surface area contributed by atoms with Gasteiger partial charge in [-0.3, -0.25) is 4.79 Å². The molecular formula is C21H22ClN3O. The third-order valence-corrected chi connectivity index (χ3v) is 5.33. The molecule has 0 spiro atoms. The Bertz CT molecular complexity index is 992. The summed E-state index contributed by atoms with van der Waals surface area (Å²) in [5.74, 6) is 1.20. The second-order valence-corrected chi connectivity index (χ2v) is 7.70. The van der Waals surface area contributed by atoms with Crippen LogP contribution in [0.3, 0.4) is 0 Å². The Kier molecular flexibility index (Phi) is 4.23. The predicted molar refractivity (Wildman–Crippen MR) is 106 cm³/mol. The summed E-state index contributed by atoms with van der Waals surface area (Å²) in [5, 5.41) is 0.649. The van der Waals surface area contributed by atoms with Crippen molar-refractivity contribution in [3.05, 3.63) is 58.9 Å². The number of carbonyl (C=O) groups excluding carboxylic acids is 1. The molecule has 4 rings (SSSR count). The Morgan fingerprint density at radius 2 is 1.96 bits per heavy atom. The smallest absolute Gasteiger partial charge is 0.227 e. The lowest BCUT2D eigenvalue weighted by Gasteiger charge is -2.20. The van der Waals surface area contributed by atoms with Crippen molar-refractivity contribution in [2.75, 3.05) is 11.4 Å². The molecule has 4 nitrogen and oxygen atoms in total. The molecule has 0 saturated carbocycles. The first-order valence-corrected chi connectivity index (χ1v) is 9.37. The Morgan fingerprint density at radius 3 is 2.73 bits per heavy atom. The van der Waals surface area contributed by atoms with Gasteiger partial charge >= 0.3 is 0 Å². The zero-order valence-corrected chi connectivity index (χ0v) is 16.0. The molecule has 26 heavy (non-hydrogen) atoms. The summed E-state index contributed by atoms with van der Waals surface area (Å²) >= 11 is 6.16. The molecule has 3 aromatic rings. The quantitative estimate of drug-likeness (QED) is 0.646. The van der Waals surface area contributed by atoms with Crippen molar-refractivity contribution in [1.82, 2.24) is 9.55 Å². The molecule has 1 aliphatic rings. The number of halogens is 1. The molecule has 0 N–H and O–H groups in total. The number of aryl methyl sites for hydroxylation is 1. The van der Waals surface area contributed by atoms with Gasteiger partial charge in [-0.25, -0.2) is 4.98 Å². The van der Waals surface area contributed by atoms with Crippen LogP contribution in [0.5, 0.6) is 0 Å². The van der Waals surface area contributed by atoms with E-state index >= 15 is 0 Å². The minimum atomic E-state index is 0.0793. The summed E-state index contributed by atoms with van der Waals surface area (Å²) in [6, 6.07) is 14.2. The topological polar surface area (TPSA) is 38.1 Å². The van der Waals surface area contributed by atoms with Crippen molar-refractivity contribution in [1.29, 1.82) is 0 Å². The molecule has 0 radical (unpaired) electrons. The minimum Gasteiger partial charge on any atom is -0.325 e. The predicted octanol–water partition coefficient (Wildman–Crippen LogP) is 5.10. The van der Waals surface area contributed by atoms with E-state index in [1.54, 1.807) is 0 Å². The van der Waals surface area contributed by atoms with Crippen molar-refractivity contribution in [2.45, 2.75) is 39.2 Å². The van der Waals surface area contributed by atoms with Crippen LogP contribution in [0.15, 0.2) is 42.5 Å². The molecule has 5 heteroatoms. The van der Waals surface area contributed by atoms with E-state index in [1.807, 2.05) is 48.2 Å². The number of benzene rings is 2. The summed E-state index contributed by atoms with van der Waals surface area (Å²) in [4.78, 5) is 19.5. The number of amides is 1. The van der Waals surface area contributed by atoms with E-state index in [0.717, 1.165) is 28.1 Å². The molecule has 1 amide bonds. The van der Waals surface area contributed by atoms with Crippen LogP contribution in [0.25, 0.3) is 11.0 Å². The summed E-state index contributed by atoms with van der Waals surface area (Å²) in [6.45, 7) is 6.96. The Balaban J connectivity index is 1.75. The summed E-state index contributed by atoms with van der Waals surface area (Å²) in [6.07, 6.45) is 0.474. The standard InChI is InChI=1S/C21H22ClN3O/c1-13(2)25-18-7-5-4-6-17(18)23-21(25)15-10-20(26)24(12-15)19-11-16(22)9-8-14(19)3/h4-9,11,13,15H,10,12H2,1-3H3/t15-/m1/s1. The van der Waals surface area contributed by atoms with Crippen molar-refractivity contribution >= 4 is 34.2 Å². The van der Waals surface area contributed by atoms with Gasteiger partial charge in [0.25, 0.3) is 0 Å². The van der Waals surface area contributed by atoms with Crippen LogP contribution in [0.4, 0.5) is 5.69 Å². The molecule has 1 aliphatic heterocycles. The second kappa shape index (κ2) is 6.44. The second-order valence-electron chi connectivity index (χ2n) is 7.26. The van der Waals surface area contributed by atoms with Crippen LogP contribution in [-0.2, 0) is 4.79 Å². The Labute approximate surface area is 158 Å². The van der Waals surface area contributed by atoms with Gasteiger partial charge in [0.2, 0.25) is 5.91 Å². The average molecular weight is 368 g/mol. The number of anilines is 1. The number of aromatic nitrogens is 2. The van der Waals surface area contributed by atoms with Gasteiger partial charge in [-0.05, 0) is 50.6 Å². The molecule has 0 aliphatic carbocycles. The number of imidazole rings is 1. The zero-order chi connectivity index (χ0) is 18.4. The molecule has 2 heterocycles. The van der Waals surface area contributed by atoms with E-state index in [-0.39, 0.29) is 17.9 Å². The molecule has 0 bridgehead atoms. The third kappa shape index (κ3) is 2.78. The van der Waals surface area contributed by atoms with Crippen LogP contribution in [0.2, 0.25) is 5.02 Å². The van der Waals surface area contributed by atoms with Gasteiger partial charge < -0.3 is 9.47 Å². The molecule has 1 saturated heterocycles. The molecule has 134 valence electrons. The maximum absolute atomic E-state index is 12.8. The highest BCUT2D eigenvalue weighted by Crippen LogP contribution is 2.36. The van der Waals surface area contributed by atoms with Crippen LogP contribution in [-0.4, -0.2) is 22.0 Å². The molecule has 1 fully saturated rings. The monoisotopic (exact) mass is 367 g/mol. The van der Waals surface area contributed by atoms with Crippen LogP contribution in [0.1, 0.15) is 43.6 Å². The lowest BCUT2D eigenvalue weighted by atomic mass is 10.1. The maximum atomic E-state index is 12.8. The SMILES string of the molecule is Cc1ccc(Cl)cc1N1C[C@H](c2nc3ccccc3n2C(C)C)CC1=O. The lowest BCUT2D eigenvalue weighted by molar-refractivity contribution is -0.117. The first kappa shape index (κ1) is 17.1. The van der Waals surface area contributed by atoms with Crippen molar-refractivity contribution < 1.29 is 4.79 Å². The summed E-state index contributed by atoms with van der Waals surface area (Å²) < 4.78 is 2.27. The van der Waals surface area contributed by atoms with Crippen molar-refractivity contribution in [2.24, 2.45) is 0 Å². The molecular weight excluding hydrogens is 346 g/mol. The molecule has 1 aromatic heterocycles. The fraction of sp³-hybridized carbons (Fsp3) is 0.333.